The third-order valence-corrected chi connectivity index (χ3v) is 9.69. The number of aryl methyl sites for hydroxylation is 4. The first-order chi connectivity index (χ1) is 20.9. The molecule has 6 aromatic carbocycles. The highest BCUT2D eigenvalue weighted by Crippen LogP contribution is 2.52. The first-order valence-corrected chi connectivity index (χ1v) is 15.7. The Morgan fingerprint density at radius 2 is 0.837 bits per heavy atom. The average molecular weight is 573 g/mol. The van der Waals surface area contributed by atoms with E-state index in [1.807, 2.05) is 11.3 Å². The van der Waals surface area contributed by atoms with Crippen LogP contribution in [0.4, 0.5) is 34.1 Å². The SMILES string of the molecule is Cc1cc(C)cc(N2c3cc(-c4ccccc4)cc(c3)N(c3cc(C)cc(C)c3)c3cccc4c3sc3c2cccc34)c1. The third-order valence-electron chi connectivity index (χ3n) is 8.42. The number of anilines is 6. The Morgan fingerprint density at radius 1 is 0.395 bits per heavy atom. The minimum Gasteiger partial charge on any atom is -0.309 e. The molecule has 7 aromatic rings. The van der Waals surface area contributed by atoms with Crippen LogP contribution in [0.3, 0.4) is 0 Å². The molecule has 0 unspecified atom stereocenters. The standard InChI is InChI=1S/C40H32N2S/c1-25-16-26(2)19-31(18-25)41-33-22-30(29-10-6-5-7-11-29)23-34(24-33)42(32-20-27(3)17-28(4)21-32)38-15-9-13-36-35-12-8-14-37(41)39(35)43-40(36)38/h5-24H,1-4H3. The molecule has 43 heavy (non-hydrogen) atoms. The van der Waals surface area contributed by atoms with E-state index < -0.39 is 0 Å². The first-order valence-electron chi connectivity index (χ1n) is 14.8. The number of fused-ring (bicyclic) bond motifs is 3. The van der Waals surface area contributed by atoms with Crippen LogP contribution in [0, 0.1) is 27.7 Å². The van der Waals surface area contributed by atoms with Gasteiger partial charge in [-0.3, -0.25) is 0 Å². The Labute approximate surface area is 257 Å². The lowest BCUT2D eigenvalue weighted by Gasteiger charge is -2.31. The minimum absolute atomic E-state index is 1.15. The maximum absolute atomic E-state index is 2.47. The fourth-order valence-electron chi connectivity index (χ4n) is 6.81. The van der Waals surface area contributed by atoms with Gasteiger partial charge in [0.05, 0.1) is 20.8 Å². The monoisotopic (exact) mass is 572 g/mol. The number of nitrogens with zero attached hydrogens (tertiary/aromatic N) is 2. The predicted molar refractivity (Wildman–Crippen MR) is 187 cm³/mol. The fourth-order valence-corrected chi connectivity index (χ4v) is 8.12. The molecule has 0 radical (unpaired) electrons. The van der Waals surface area contributed by atoms with Crippen LogP contribution in [-0.2, 0) is 0 Å². The Bertz CT molecular complexity index is 2020. The van der Waals surface area contributed by atoms with Crippen LogP contribution in [0.2, 0.25) is 0 Å². The summed E-state index contributed by atoms with van der Waals surface area (Å²) in [4.78, 5) is 4.94. The Balaban J connectivity index is 1.56. The highest BCUT2D eigenvalue weighted by atomic mass is 32.1. The molecule has 0 saturated heterocycles. The maximum Gasteiger partial charge on any atom is 0.0640 e. The maximum atomic E-state index is 2.47. The van der Waals surface area contributed by atoms with Crippen LogP contribution in [0.15, 0.2) is 121 Å². The van der Waals surface area contributed by atoms with Crippen molar-refractivity contribution in [3.05, 3.63) is 144 Å². The highest BCUT2D eigenvalue weighted by molar-refractivity contribution is 7.27. The van der Waals surface area contributed by atoms with Crippen molar-refractivity contribution in [1.29, 1.82) is 0 Å². The van der Waals surface area contributed by atoms with Crippen molar-refractivity contribution in [3.8, 4) is 11.1 Å². The van der Waals surface area contributed by atoms with E-state index >= 15 is 0 Å². The van der Waals surface area contributed by atoms with Gasteiger partial charge in [0.1, 0.15) is 0 Å². The zero-order valence-corrected chi connectivity index (χ0v) is 25.7. The van der Waals surface area contributed by atoms with Gasteiger partial charge in [-0.05, 0) is 116 Å². The van der Waals surface area contributed by atoms with Crippen LogP contribution in [-0.4, -0.2) is 0 Å². The molecule has 0 atom stereocenters. The molecule has 0 amide bonds. The summed E-state index contributed by atoms with van der Waals surface area (Å²) < 4.78 is 2.61. The van der Waals surface area contributed by atoms with E-state index in [0.717, 1.165) is 11.4 Å². The van der Waals surface area contributed by atoms with E-state index in [-0.39, 0.29) is 0 Å². The lowest BCUT2D eigenvalue weighted by molar-refractivity contribution is 1.24. The van der Waals surface area contributed by atoms with Gasteiger partial charge in [-0.1, -0.05) is 66.7 Å². The molecule has 0 N–H and O–H groups in total. The van der Waals surface area contributed by atoms with Gasteiger partial charge in [0.25, 0.3) is 0 Å². The molecule has 2 nitrogen and oxygen atoms in total. The van der Waals surface area contributed by atoms with E-state index in [1.54, 1.807) is 0 Å². The first kappa shape index (κ1) is 25.8. The minimum atomic E-state index is 1.15. The smallest absolute Gasteiger partial charge is 0.0640 e. The van der Waals surface area contributed by atoms with Gasteiger partial charge in [-0.15, -0.1) is 11.3 Å². The van der Waals surface area contributed by atoms with Gasteiger partial charge < -0.3 is 9.80 Å². The molecule has 1 aliphatic heterocycles. The average Bonchev–Trinajstić information content (AvgIpc) is 3.37. The van der Waals surface area contributed by atoms with E-state index in [9.17, 15) is 0 Å². The van der Waals surface area contributed by atoms with Crippen molar-refractivity contribution in [3.63, 3.8) is 0 Å². The summed E-state index contributed by atoms with van der Waals surface area (Å²) in [6.07, 6.45) is 0. The largest absolute Gasteiger partial charge is 0.309 e. The van der Waals surface area contributed by atoms with Gasteiger partial charge in [0.2, 0.25) is 0 Å². The zero-order chi connectivity index (χ0) is 29.2. The van der Waals surface area contributed by atoms with Crippen molar-refractivity contribution in [1.82, 2.24) is 0 Å². The highest BCUT2D eigenvalue weighted by Gasteiger charge is 2.26. The lowest BCUT2D eigenvalue weighted by Crippen LogP contribution is -2.14. The molecule has 208 valence electrons. The Hall–Kier alpha value is -4.86. The number of rotatable bonds is 3. The normalized spacial score (nSPS) is 12.6. The van der Waals surface area contributed by atoms with Crippen molar-refractivity contribution < 1.29 is 0 Å². The molecule has 0 fully saturated rings. The zero-order valence-electron chi connectivity index (χ0n) is 24.8. The van der Waals surface area contributed by atoms with Crippen LogP contribution in [0.25, 0.3) is 31.3 Å². The van der Waals surface area contributed by atoms with E-state index in [2.05, 4.69) is 159 Å². The summed E-state index contributed by atoms with van der Waals surface area (Å²) in [5.74, 6) is 0. The fraction of sp³-hybridized carbons (Fsp3) is 0.100. The number of hydrogen-bond donors (Lipinski definition) is 0. The van der Waals surface area contributed by atoms with Crippen molar-refractivity contribution in [2.75, 3.05) is 9.80 Å². The summed E-state index contributed by atoms with van der Waals surface area (Å²) in [5, 5.41) is 2.60. The van der Waals surface area contributed by atoms with Crippen LogP contribution in [0.1, 0.15) is 22.3 Å². The topological polar surface area (TPSA) is 6.48 Å². The number of hydrogen-bond acceptors (Lipinski definition) is 3. The predicted octanol–water partition coefficient (Wildman–Crippen LogP) is 12.2. The molecular formula is C40H32N2S. The summed E-state index contributed by atoms with van der Waals surface area (Å²) >= 11 is 1.90. The second kappa shape index (κ2) is 9.86. The Morgan fingerprint density at radius 3 is 1.30 bits per heavy atom. The van der Waals surface area contributed by atoms with Gasteiger partial charge in [0, 0.05) is 33.5 Å². The summed E-state index contributed by atoms with van der Waals surface area (Å²) in [7, 11) is 0. The molecule has 8 rings (SSSR count). The van der Waals surface area contributed by atoms with E-state index in [1.165, 1.54) is 76.3 Å². The molecule has 0 saturated carbocycles. The van der Waals surface area contributed by atoms with Crippen molar-refractivity contribution in [2.45, 2.75) is 27.7 Å². The van der Waals surface area contributed by atoms with Crippen LogP contribution in [0.5, 0.6) is 0 Å². The molecule has 4 bridgehead atoms. The van der Waals surface area contributed by atoms with E-state index in [0.29, 0.717) is 0 Å². The lowest BCUT2D eigenvalue weighted by atomic mass is 10.0. The van der Waals surface area contributed by atoms with Gasteiger partial charge >= 0.3 is 0 Å². The summed E-state index contributed by atoms with van der Waals surface area (Å²) in [6.45, 7) is 8.77. The van der Waals surface area contributed by atoms with Crippen molar-refractivity contribution in [2.24, 2.45) is 0 Å². The summed E-state index contributed by atoms with van der Waals surface area (Å²) in [6, 6.07) is 45.2. The second-order valence-corrected chi connectivity index (χ2v) is 12.9. The van der Waals surface area contributed by atoms with E-state index in [4.69, 9.17) is 0 Å². The van der Waals surface area contributed by atoms with Gasteiger partial charge in [-0.2, -0.15) is 0 Å². The van der Waals surface area contributed by atoms with Gasteiger partial charge in [-0.25, -0.2) is 0 Å². The molecule has 2 heterocycles. The quantitative estimate of drug-likeness (QED) is 0.208. The third kappa shape index (κ3) is 4.31. The molecule has 1 aliphatic rings. The second-order valence-electron chi connectivity index (χ2n) is 11.9. The molecular weight excluding hydrogens is 541 g/mol. The molecule has 0 aliphatic carbocycles. The number of thiophene rings is 1. The molecule has 3 heteroatoms. The molecule has 0 spiro atoms. The Kier molecular flexibility index (Phi) is 5.92. The van der Waals surface area contributed by atoms with Crippen LogP contribution >= 0.6 is 11.3 Å². The summed E-state index contributed by atoms with van der Waals surface area (Å²) in [5.41, 5.74) is 14.5. The molecule has 1 aromatic heterocycles. The van der Waals surface area contributed by atoms with Gasteiger partial charge in [0.15, 0.2) is 0 Å². The van der Waals surface area contributed by atoms with Crippen molar-refractivity contribution >= 4 is 65.6 Å². The van der Waals surface area contributed by atoms with Crippen LogP contribution < -0.4 is 9.80 Å². The number of benzene rings is 6.